The maximum atomic E-state index is 11.0. The van der Waals surface area contributed by atoms with Crippen molar-refractivity contribution in [1.82, 2.24) is 10.6 Å². The van der Waals surface area contributed by atoms with Gasteiger partial charge in [0.15, 0.2) is 0 Å². The van der Waals surface area contributed by atoms with Crippen molar-refractivity contribution >= 4 is 12.2 Å². The minimum atomic E-state index is 0.00667. The standard InChI is InChI=1S/C8H12N2O.C6H13NO.C2H6.C2H4/c1-6-5-10-8(11)7(6)3-2-4-9;1-7-5-3-2-4-6-8;2*1-2/h2-3H,4-5,9H2,1H3,(H,10,11);6-7H,2-5H2,1H3;1-2H3;1-2H2/b3-2-;;;. The minimum absolute atomic E-state index is 0.00667. The van der Waals surface area contributed by atoms with Crippen LogP contribution in [0.25, 0.3) is 0 Å². The number of carbonyl (C=O) groups excluding carboxylic acids is 2. The zero-order valence-corrected chi connectivity index (χ0v) is 15.3. The van der Waals surface area contributed by atoms with Crippen LogP contribution < -0.4 is 16.4 Å². The largest absolute Gasteiger partial charge is 0.348 e. The Kier molecular flexibility index (Phi) is 25.7. The molecule has 23 heavy (non-hydrogen) atoms. The summed E-state index contributed by atoms with van der Waals surface area (Å²) in [4.78, 5) is 20.8. The molecule has 0 fully saturated rings. The average molecular weight is 325 g/mol. The third-order valence-corrected chi connectivity index (χ3v) is 2.64. The Morgan fingerprint density at radius 1 is 1.30 bits per heavy atom. The number of carbonyl (C=O) groups is 2. The van der Waals surface area contributed by atoms with Crippen LogP contribution in [-0.4, -0.2) is 38.9 Å². The SMILES string of the molecule is C=C.CC.CC1=C(/C=C\CN)C(=O)NC1.CNCCCCC=O. The van der Waals surface area contributed by atoms with E-state index >= 15 is 0 Å². The van der Waals surface area contributed by atoms with Crippen molar-refractivity contribution in [2.75, 3.05) is 26.7 Å². The third kappa shape index (κ3) is 16.5. The summed E-state index contributed by atoms with van der Waals surface area (Å²) in [6.07, 6.45) is 7.36. The maximum absolute atomic E-state index is 11.0. The van der Waals surface area contributed by atoms with Gasteiger partial charge in [0.25, 0.3) is 5.91 Å². The molecular weight excluding hydrogens is 290 g/mol. The van der Waals surface area contributed by atoms with Gasteiger partial charge < -0.3 is 21.2 Å². The van der Waals surface area contributed by atoms with Gasteiger partial charge in [0.1, 0.15) is 6.29 Å². The molecule has 0 radical (unpaired) electrons. The van der Waals surface area contributed by atoms with Crippen molar-refractivity contribution in [2.24, 2.45) is 5.73 Å². The molecule has 4 N–H and O–H groups in total. The minimum Gasteiger partial charge on any atom is -0.348 e. The van der Waals surface area contributed by atoms with E-state index in [1.165, 1.54) is 0 Å². The lowest BCUT2D eigenvalue weighted by Crippen LogP contribution is -2.16. The predicted molar refractivity (Wildman–Crippen MR) is 100 cm³/mol. The van der Waals surface area contributed by atoms with Crippen LogP contribution in [0, 0.1) is 0 Å². The molecule has 5 nitrogen and oxygen atoms in total. The highest BCUT2D eigenvalue weighted by Crippen LogP contribution is 2.10. The highest BCUT2D eigenvalue weighted by molar-refractivity contribution is 5.99. The van der Waals surface area contributed by atoms with E-state index in [2.05, 4.69) is 23.8 Å². The Bertz CT molecular complexity index is 350. The molecular formula is C18H35N3O2. The van der Waals surface area contributed by atoms with Gasteiger partial charge in [0, 0.05) is 25.1 Å². The van der Waals surface area contributed by atoms with Gasteiger partial charge in [-0.15, -0.1) is 13.2 Å². The first kappa shape index (κ1) is 26.2. The van der Waals surface area contributed by atoms with Crippen LogP contribution in [-0.2, 0) is 9.59 Å². The molecule has 1 amide bonds. The predicted octanol–water partition coefficient (Wildman–Crippen LogP) is 2.35. The molecule has 134 valence electrons. The van der Waals surface area contributed by atoms with Gasteiger partial charge in [0.05, 0.1) is 0 Å². The molecule has 5 heteroatoms. The van der Waals surface area contributed by atoms with Gasteiger partial charge in [-0.25, -0.2) is 0 Å². The first-order chi connectivity index (χ1) is 11.2. The van der Waals surface area contributed by atoms with Crippen LogP contribution in [0.3, 0.4) is 0 Å². The molecule has 0 atom stereocenters. The monoisotopic (exact) mass is 325 g/mol. The zero-order chi connectivity index (χ0) is 18.5. The van der Waals surface area contributed by atoms with E-state index in [1.54, 1.807) is 12.2 Å². The third-order valence-electron chi connectivity index (χ3n) is 2.64. The number of hydrogen-bond donors (Lipinski definition) is 3. The van der Waals surface area contributed by atoms with E-state index in [0.717, 1.165) is 36.8 Å². The van der Waals surface area contributed by atoms with Crippen molar-refractivity contribution < 1.29 is 9.59 Å². The van der Waals surface area contributed by atoms with E-state index in [1.807, 2.05) is 27.8 Å². The molecule has 1 aliphatic rings. The summed E-state index contributed by atoms with van der Waals surface area (Å²) < 4.78 is 0. The highest BCUT2D eigenvalue weighted by atomic mass is 16.1. The fourth-order valence-electron chi connectivity index (χ4n) is 1.53. The second kappa shape index (κ2) is 22.6. The number of rotatable bonds is 7. The Labute approximate surface area is 142 Å². The van der Waals surface area contributed by atoms with Crippen LogP contribution in [0.2, 0.25) is 0 Å². The summed E-state index contributed by atoms with van der Waals surface area (Å²) in [6, 6.07) is 0. The van der Waals surface area contributed by atoms with Crippen molar-refractivity contribution in [3.05, 3.63) is 36.5 Å². The highest BCUT2D eigenvalue weighted by Gasteiger charge is 2.15. The maximum Gasteiger partial charge on any atom is 0.251 e. The second-order valence-electron chi connectivity index (χ2n) is 4.28. The molecule has 1 aliphatic heterocycles. The van der Waals surface area contributed by atoms with Crippen LogP contribution in [0.1, 0.15) is 40.0 Å². The molecule has 0 bridgehead atoms. The Morgan fingerprint density at radius 2 is 1.91 bits per heavy atom. The Hall–Kier alpha value is -1.72. The van der Waals surface area contributed by atoms with Crippen LogP contribution in [0.15, 0.2) is 36.5 Å². The average Bonchev–Trinajstić information content (AvgIpc) is 2.92. The lowest BCUT2D eigenvalue weighted by atomic mass is 10.1. The van der Waals surface area contributed by atoms with Crippen LogP contribution in [0.5, 0.6) is 0 Å². The first-order valence-corrected chi connectivity index (χ1v) is 8.10. The van der Waals surface area contributed by atoms with Gasteiger partial charge in [0.2, 0.25) is 0 Å². The Balaban J connectivity index is -0.000000296. The normalized spacial score (nSPS) is 12.3. The molecule has 1 heterocycles. The second-order valence-corrected chi connectivity index (χ2v) is 4.28. The number of nitrogens with two attached hydrogens (primary N) is 1. The van der Waals surface area contributed by atoms with Gasteiger partial charge in [-0.3, -0.25) is 4.79 Å². The van der Waals surface area contributed by atoms with Gasteiger partial charge >= 0.3 is 0 Å². The molecule has 0 spiro atoms. The summed E-state index contributed by atoms with van der Waals surface area (Å²) in [5, 5.41) is 5.73. The molecule has 0 aliphatic carbocycles. The van der Waals surface area contributed by atoms with Crippen molar-refractivity contribution in [3.63, 3.8) is 0 Å². The number of amides is 1. The van der Waals surface area contributed by atoms with Gasteiger partial charge in [-0.2, -0.15) is 0 Å². The molecule has 1 rings (SSSR count). The fraction of sp³-hybridized carbons (Fsp3) is 0.556. The molecule has 0 unspecified atom stereocenters. The van der Waals surface area contributed by atoms with Crippen LogP contribution in [0.4, 0.5) is 0 Å². The molecule has 0 aromatic heterocycles. The molecule has 0 saturated carbocycles. The van der Waals surface area contributed by atoms with E-state index in [-0.39, 0.29) is 5.91 Å². The van der Waals surface area contributed by atoms with Crippen LogP contribution >= 0.6 is 0 Å². The summed E-state index contributed by atoms with van der Waals surface area (Å²) in [6.45, 7) is 14.1. The smallest absolute Gasteiger partial charge is 0.251 e. The lowest BCUT2D eigenvalue weighted by Gasteiger charge is -1.92. The van der Waals surface area contributed by atoms with E-state index < -0.39 is 0 Å². The summed E-state index contributed by atoms with van der Waals surface area (Å²) in [7, 11) is 1.92. The number of nitrogens with one attached hydrogen (secondary N) is 2. The molecule has 0 aromatic rings. The van der Waals surface area contributed by atoms with Crippen molar-refractivity contribution in [1.29, 1.82) is 0 Å². The molecule has 0 saturated heterocycles. The Morgan fingerprint density at radius 3 is 2.30 bits per heavy atom. The van der Waals surface area contributed by atoms with Gasteiger partial charge in [-0.1, -0.05) is 26.0 Å². The van der Waals surface area contributed by atoms with Gasteiger partial charge in [-0.05, 0) is 38.9 Å². The first-order valence-electron chi connectivity index (χ1n) is 8.10. The van der Waals surface area contributed by atoms with E-state index in [0.29, 0.717) is 19.5 Å². The van der Waals surface area contributed by atoms with Crippen molar-refractivity contribution in [2.45, 2.75) is 40.0 Å². The number of hydrogen-bond acceptors (Lipinski definition) is 4. The number of aldehydes is 1. The fourth-order valence-corrected chi connectivity index (χ4v) is 1.53. The zero-order valence-electron chi connectivity index (χ0n) is 15.3. The summed E-state index contributed by atoms with van der Waals surface area (Å²) in [5.41, 5.74) is 7.10. The van der Waals surface area contributed by atoms with E-state index in [4.69, 9.17) is 5.73 Å². The quantitative estimate of drug-likeness (QED) is 0.381. The summed E-state index contributed by atoms with van der Waals surface area (Å²) in [5.74, 6) is 0.00667. The number of unbranched alkanes of at least 4 members (excludes halogenated alkanes) is 2. The summed E-state index contributed by atoms with van der Waals surface area (Å²) >= 11 is 0. The topological polar surface area (TPSA) is 84.2 Å². The lowest BCUT2D eigenvalue weighted by molar-refractivity contribution is -0.116. The van der Waals surface area contributed by atoms with E-state index in [9.17, 15) is 9.59 Å². The van der Waals surface area contributed by atoms with Crippen molar-refractivity contribution in [3.8, 4) is 0 Å². The molecule has 0 aromatic carbocycles.